The minimum atomic E-state index is -3.64. The largest absolute Gasteiger partial charge is 0.378 e. The van der Waals surface area contributed by atoms with E-state index in [4.69, 9.17) is 16.3 Å². The monoisotopic (exact) mass is 429 g/mol. The number of piperazine rings is 1. The summed E-state index contributed by atoms with van der Waals surface area (Å²) in [5.74, 6) is 0.0599. The number of carbonyl (C=O) groups is 1. The van der Waals surface area contributed by atoms with Crippen LogP contribution in [0.1, 0.15) is 19.8 Å². The first-order chi connectivity index (χ1) is 13.4. The molecule has 0 unspecified atom stereocenters. The van der Waals surface area contributed by atoms with Crippen LogP contribution < -0.4 is 0 Å². The molecule has 0 saturated carbocycles. The SMILES string of the molecule is CCOC1CCN(CC(=O)N2CCN(S(=O)(=O)c3ccccc3Cl)CC2)CC1. The summed E-state index contributed by atoms with van der Waals surface area (Å²) < 4.78 is 32.7. The number of carbonyl (C=O) groups excluding carboxylic acids is 1. The molecule has 1 amide bonds. The molecule has 28 heavy (non-hydrogen) atoms. The van der Waals surface area contributed by atoms with Crippen molar-refractivity contribution in [2.75, 3.05) is 52.4 Å². The van der Waals surface area contributed by atoms with Crippen LogP contribution in [0.4, 0.5) is 0 Å². The maximum Gasteiger partial charge on any atom is 0.244 e. The third kappa shape index (κ3) is 5.04. The van der Waals surface area contributed by atoms with Gasteiger partial charge in [-0.2, -0.15) is 4.31 Å². The van der Waals surface area contributed by atoms with Gasteiger partial charge in [0.1, 0.15) is 4.90 Å². The standard InChI is InChI=1S/C19H28ClN3O4S/c1-2-27-16-7-9-21(10-8-16)15-19(24)22-11-13-23(14-12-22)28(25,26)18-6-4-3-5-17(18)20/h3-6,16H,2,7-15H2,1H3. The van der Waals surface area contributed by atoms with Gasteiger partial charge in [-0.1, -0.05) is 23.7 Å². The minimum Gasteiger partial charge on any atom is -0.378 e. The summed E-state index contributed by atoms with van der Waals surface area (Å²) in [5.41, 5.74) is 0. The van der Waals surface area contributed by atoms with Crippen molar-refractivity contribution in [2.24, 2.45) is 0 Å². The minimum absolute atomic E-state index is 0.0599. The van der Waals surface area contributed by atoms with Crippen LogP contribution in [0.25, 0.3) is 0 Å². The van der Waals surface area contributed by atoms with Gasteiger partial charge >= 0.3 is 0 Å². The maximum atomic E-state index is 12.8. The average molecular weight is 430 g/mol. The van der Waals surface area contributed by atoms with Gasteiger partial charge in [0.15, 0.2) is 0 Å². The number of benzene rings is 1. The van der Waals surface area contributed by atoms with Gasteiger partial charge in [0, 0.05) is 45.9 Å². The van der Waals surface area contributed by atoms with E-state index in [9.17, 15) is 13.2 Å². The average Bonchev–Trinajstić information content (AvgIpc) is 2.70. The summed E-state index contributed by atoms with van der Waals surface area (Å²) >= 11 is 6.06. The molecule has 2 saturated heterocycles. The molecule has 156 valence electrons. The van der Waals surface area contributed by atoms with Crippen LogP contribution >= 0.6 is 11.6 Å². The van der Waals surface area contributed by atoms with Gasteiger partial charge in [0.05, 0.1) is 17.7 Å². The molecule has 1 aromatic carbocycles. The molecule has 3 rings (SSSR count). The normalized spacial score (nSPS) is 20.4. The van der Waals surface area contributed by atoms with Crippen LogP contribution in [0.5, 0.6) is 0 Å². The molecule has 2 heterocycles. The van der Waals surface area contributed by atoms with Crippen LogP contribution in [-0.2, 0) is 19.6 Å². The lowest BCUT2D eigenvalue weighted by molar-refractivity contribution is -0.134. The van der Waals surface area contributed by atoms with Gasteiger partial charge in [0.25, 0.3) is 0 Å². The Kier molecular flexibility index (Phi) is 7.33. The molecule has 2 aliphatic rings. The molecule has 0 N–H and O–H groups in total. The first-order valence-corrected chi connectivity index (χ1v) is 11.6. The van der Waals surface area contributed by atoms with Crippen LogP contribution in [0.2, 0.25) is 5.02 Å². The van der Waals surface area contributed by atoms with E-state index in [1.54, 1.807) is 23.1 Å². The van der Waals surface area contributed by atoms with Crippen molar-refractivity contribution in [3.05, 3.63) is 29.3 Å². The van der Waals surface area contributed by atoms with Crippen molar-refractivity contribution in [1.82, 2.24) is 14.1 Å². The van der Waals surface area contributed by atoms with E-state index in [1.165, 1.54) is 10.4 Å². The predicted octanol–water partition coefficient (Wildman–Crippen LogP) is 1.67. The molecule has 0 aliphatic carbocycles. The van der Waals surface area contributed by atoms with Gasteiger partial charge in [0.2, 0.25) is 15.9 Å². The van der Waals surface area contributed by atoms with E-state index in [0.717, 1.165) is 32.5 Å². The zero-order valence-electron chi connectivity index (χ0n) is 16.2. The summed E-state index contributed by atoms with van der Waals surface area (Å²) in [6.07, 6.45) is 2.20. The van der Waals surface area contributed by atoms with Crippen molar-refractivity contribution >= 4 is 27.5 Å². The molecular weight excluding hydrogens is 402 g/mol. The number of piperidine rings is 1. The van der Waals surface area contributed by atoms with Gasteiger partial charge in [-0.15, -0.1) is 0 Å². The lowest BCUT2D eigenvalue weighted by atomic mass is 10.1. The van der Waals surface area contributed by atoms with Crippen LogP contribution in [-0.4, -0.2) is 87.0 Å². The van der Waals surface area contributed by atoms with Gasteiger partial charge in [-0.3, -0.25) is 9.69 Å². The van der Waals surface area contributed by atoms with Gasteiger partial charge in [-0.25, -0.2) is 8.42 Å². The van der Waals surface area contributed by atoms with E-state index in [1.807, 2.05) is 6.92 Å². The highest BCUT2D eigenvalue weighted by Crippen LogP contribution is 2.25. The number of likely N-dealkylation sites (tertiary alicyclic amines) is 1. The first kappa shape index (κ1) is 21.5. The highest BCUT2D eigenvalue weighted by Gasteiger charge is 2.32. The fourth-order valence-corrected chi connectivity index (χ4v) is 5.65. The number of nitrogens with zero attached hydrogens (tertiary/aromatic N) is 3. The maximum absolute atomic E-state index is 12.8. The van der Waals surface area contributed by atoms with Crippen LogP contribution in [0, 0.1) is 0 Å². The molecule has 7 nitrogen and oxygen atoms in total. The van der Waals surface area contributed by atoms with Crippen LogP contribution in [0.15, 0.2) is 29.2 Å². The molecule has 0 atom stereocenters. The highest BCUT2D eigenvalue weighted by molar-refractivity contribution is 7.89. The van der Waals surface area contributed by atoms with E-state index < -0.39 is 10.0 Å². The fraction of sp³-hybridized carbons (Fsp3) is 0.632. The summed E-state index contributed by atoms with van der Waals surface area (Å²) in [6.45, 7) is 6.20. The second-order valence-corrected chi connectivity index (χ2v) is 9.46. The van der Waals surface area contributed by atoms with E-state index in [-0.39, 0.29) is 28.9 Å². The molecule has 0 bridgehead atoms. The zero-order valence-corrected chi connectivity index (χ0v) is 17.8. The smallest absolute Gasteiger partial charge is 0.244 e. The molecule has 1 aromatic rings. The number of amides is 1. The quantitative estimate of drug-likeness (QED) is 0.688. The molecule has 2 fully saturated rings. The predicted molar refractivity (Wildman–Crippen MR) is 108 cm³/mol. The highest BCUT2D eigenvalue weighted by atomic mass is 35.5. The Morgan fingerprint density at radius 1 is 1.11 bits per heavy atom. The van der Waals surface area contributed by atoms with Crippen molar-refractivity contribution in [1.29, 1.82) is 0 Å². The van der Waals surface area contributed by atoms with Crippen molar-refractivity contribution in [3.8, 4) is 0 Å². The number of sulfonamides is 1. The van der Waals surface area contributed by atoms with Crippen LogP contribution in [0.3, 0.4) is 0 Å². The van der Waals surface area contributed by atoms with E-state index in [0.29, 0.717) is 25.7 Å². The zero-order chi connectivity index (χ0) is 20.1. The summed E-state index contributed by atoms with van der Waals surface area (Å²) in [7, 11) is -3.64. The van der Waals surface area contributed by atoms with Crippen molar-refractivity contribution in [3.63, 3.8) is 0 Å². The topological polar surface area (TPSA) is 70.2 Å². The van der Waals surface area contributed by atoms with Gasteiger partial charge in [-0.05, 0) is 31.9 Å². The number of ether oxygens (including phenoxy) is 1. The lowest BCUT2D eigenvalue weighted by Gasteiger charge is -2.36. The molecule has 0 aromatic heterocycles. The summed E-state index contributed by atoms with van der Waals surface area (Å²) in [6, 6.07) is 6.45. The molecular formula is C19H28ClN3O4S. The van der Waals surface area contributed by atoms with Gasteiger partial charge < -0.3 is 9.64 Å². The molecule has 0 radical (unpaired) electrons. The van der Waals surface area contributed by atoms with E-state index in [2.05, 4.69) is 4.90 Å². The Hall–Kier alpha value is -1.19. The molecule has 0 spiro atoms. The second kappa shape index (κ2) is 9.54. The first-order valence-electron chi connectivity index (χ1n) is 9.78. The molecule has 9 heteroatoms. The summed E-state index contributed by atoms with van der Waals surface area (Å²) in [4.78, 5) is 16.7. The Balaban J connectivity index is 1.50. The third-order valence-corrected chi connectivity index (χ3v) is 7.74. The third-order valence-electron chi connectivity index (χ3n) is 5.34. The Bertz CT molecular complexity index is 773. The lowest BCUT2D eigenvalue weighted by Crippen LogP contribution is -2.53. The fourth-order valence-electron chi connectivity index (χ4n) is 3.73. The molecule has 2 aliphatic heterocycles. The Morgan fingerprint density at radius 3 is 2.36 bits per heavy atom. The van der Waals surface area contributed by atoms with Crippen molar-refractivity contribution < 1.29 is 17.9 Å². The van der Waals surface area contributed by atoms with Crippen molar-refractivity contribution in [2.45, 2.75) is 30.8 Å². The second-order valence-electron chi connectivity index (χ2n) is 7.15. The Labute approximate surface area is 172 Å². The number of hydrogen-bond acceptors (Lipinski definition) is 5. The summed E-state index contributed by atoms with van der Waals surface area (Å²) in [5, 5.41) is 0.219. The van der Waals surface area contributed by atoms with E-state index >= 15 is 0 Å². The Morgan fingerprint density at radius 2 is 1.75 bits per heavy atom. The number of halogens is 1. The number of rotatable bonds is 6. The number of hydrogen-bond donors (Lipinski definition) is 0.